The molecule has 0 atom stereocenters. The van der Waals surface area contributed by atoms with Crippen LogP contribution in [0.1, 0.15) is 22.5 Å². The average molecular weight is 448 g/mol. The Hall–Kier alpha value is -3.65. The predicted octanol–water partition coefficient (Wildman–Crippen LogP) is 4.04. The minimum Gasteiger partial charge on any atom is -0.336 e. The fraction of sp³-hybridized carbons (Fsp3) is 0.125. The Morgan fingerprint density at radius 3 is 2.38 bits per heavy atom. The van der Waals surface area contributed by atoms with Gasteiger partial charge in [-0.25, -0.2) is 9.07 Å². The summed E-state index contributed by atoms with van der Waals surface area (Å²) in [4.78, 5) is 12.6. The number of halogens is 1. The van der Waals surface area contributed by atoms with E-state index in [1.54, 1.807) is 18.2 Å². The van der Waals surface area contributed by atoms with Crippen LogP contribution >= 0.6 is 11.8 Å². The second kappa shape index (κ2) is 10.1. The molecule has 32 heavy (non-hydrogen) atoms. The summed E-state index contributed by atoms with van der Waals surface area (Å²) in [5.41, 5.74) is 3.46. The third kappa shape index (κ3) is 5.33. The molecule has 0 saturated carbocycles. The van der Waals surface area contributed by atoms with E-state index in [9.17, 15) is 9.18 Å². The maximum Gasteiger partial charge on any atom is 0.234 e. The van der Waals surface area contributed by atoms with Crippen molar-refractivity contribution in [2.45, 2.75) is 18.0 Å². The number of nitrogens with two attached hydrogens (primary N) is 1. The van der Waals surface area contributed by atoms with Crippen molar-refractivity contribution in [3.63, 3.8) is 0 Å². The molecule has 0 aliphatic heterocycles. The Morgan fingerprint density at radius 2 is 1.59 bits per heavy atom. The molecule has 0 aliphatic carbocycles. The van der Waals surface area contributed by atoms with Gasteiger partial charge in [-0.3, -0.25) is 4.79 Å². The maximum atomic E-state index is 13.9. The van der Waals surface area contributed by atoms with Crippen molar-refractivity contribution in [3.8, 4) is 0 Å². The molecule has 0 fully saturated rings. The van der Waals surface area contributed by atoms with Crippen LogP contribution in [0.3, 0.4) is 0 Å². The summed E-state index contributed by atoms with van der Waals surface area (Å²) in [5, 5.41) is 11.4. The van der Waals surface area contributed by atoms with E-state index in [4.69, 9.17) is 5.84 Å². The molecule has 3 N–H and O–H groups in total. The van der Waals surface area contributed by atoms with Crippen LogP contribution in [0.5, 0.6) is 0 Å². The smallest absolute Gasteiger partial charge is 0.234 e. The number of thioether (sulfide) groups is 1. The quantitative estimate of drug-likeness (QED) is 0.314. The summed E-state index contributed by atoms with van der Waals surface area (Å²) >= 11 is 1.18. The van der Waals surface area contributed by atoms with Crippen LogP contribution in [0.15, 0.2) is 84.0 Å². The van der Waals surface area contributed by atoms with Crippen molar-refractivity contribution < 1.29 is 9.18 Å². The number of nitrogens with zero attached hydrogens (tertiary/aromatic N) is 3. The normalized spacial score (nSPS) is 10.8. The summed E-state index contributed by atoms with van der Waals surface area (Å²) in [6.45, 7) is 0. The first-order valence-corrected chi connectivity index (χ1v) is 11.1. The van der Waals surface area contributed by atoms with E-state index in [1.165, 1.54) is 28.1 Å². The van der Waals surface area contributed by atoms with Crippen molar-refractivity contribution in [1.82, 2.24) is 14.9 Å². The number of carbonyl (C=O) groups is 1. The number of hydrogen-bond donors (Lipinski definition) is 2. The van der Waals surface area contributed by atoms with Crippen molar-refractivity contribution in [3.05, 3.63) is 107 Å². The fourth-order valence-corrected chi connectivity index (χ4v) is 3.94. The van der Waals surface area contributed by atoms with Crippen LogP contribution in [0.2, 0.25) is 0 Å². The molecular weight excluding hydrogens is 425 g/mol. The second-order valence-electron chi connectivity index (χ2n) is 7.19. The molecule has 0 spiro atoms. The van der Waals surface area contributed by atoms with Crippen LogP contribution in [0, 0.1) is 5.82 Å². The highest BCUT2D eigenvalue weighted by molar-refractivity contribution is 7.99. The molecule has 6 nitrogen and oxygen atoms in total. The number of para-hydroxylation sites is 1. The Balaban J connectivity index is 1.37. The Labute approximate surface area is 189 Å². The number of hydrogen-bond acceptors (Lipinski definition) is 5. The molecule has 4 aromatic rings. The molecule has 0 aliphatic rings. The molecule has 1 amide bonds. The lowest BCUT2D eigenvalue weighted by molar-refractivity contribution is -0.113. The van der Waals surface area contributed by atoms with Crippen LogP contribution < -0.4 is 11.2 Å². The number of benzene rings is 3. The van der Waals surface area contributed by atoms with E-state index in [1.807, 2.05) is 42.5 Å². The number of aromatic nitrogens is 3. The minimum absolute atomic E-state index is 0.120. The van der Waals surface area contributed by atoms with Gasteiger partial charge in [0.25, 0.3) is 0 Å². The Morgan fingerprint density at radius 1 is 0.906 bits per heavy atom. The molecule has 162 valence electrons. The summed E-state index contributed by atoms with van der Waals surface area (Å²) in [7, 11) is 0. The number of carbonyl (C=O) groups excluding carboxylic acids is 1. The number of nitrogens with one attached hydrogen (secondary N) is 1. The average Bonchev–Trinajstić information content (AvgIpc) is 3.15. The van der Waals surface area contributed by atoms with Gasteiger partial charge in [-0.2, -0.15) is 0 Å². The van der Waals surface area contributed by atoms with Crippen molar-refractivity contribution >= 4 is 23.4 Å². The highest BCUT2D eigenvalue weighted by Crippen LogP contribution is 2.21. The molecule has 0 radical (unpaired) electrons. The first kappa shape index (κ1) is 21.6. The van der Waals surface area contributed by atoms with Crippen LogP contribution in [-0.4, -0.2) is 26.5 Å². The minimum atomic E-state index is -0.321. The van der Waals surface area contributed by atoms with Crippen LogP contribution in [0.4, 0.5) is 10.1 Å². The van der Waals surface area contributed by atoms with Crippen LogP contribution in [0.25, 0.3) is 0 Å². The van der Waals surface area contributed by atoms with Crippen molar-refractivity contribution in [2.24, 2.45) is 0 Å². The SMILES string of the molecule is Nn1c(Cc2ccccc2F)nnc1SCC(=O)Nc1ccccc1Cc1ccccc1. The molecule has 4 rings (SSSR count). The predicted molar refractivity (Wildman–Crippen MR) is 124 cm³/mol. The third-order valence-electron chi connectivity index (χ3n) is 4.90. The summed E-state index contributed by atoms with van der Waals surface area (Å²) in [5.74, 6) is 6.12. The summed E-state index contributed by atoms with van der Waals surface area (Å²) < 4.78 is 15.2. The first-order chi connectivity index (χ1) is 15.6. The van der Waals surface area contributed by atoms with Gasteiger partial charge in [0, 0.05) is 12.1 Å². The molecule has 8 heteroatoms. The number of amides is 1. The maximum absolute atomic E-state index is 13.9. The molecule has 1 heterocycles. The molecular formula is C24H22FN5OS. The second-order valence-corrected chi connectivity index (χ2v) is 8.14. The van der Waals surface area contributed by atoms with Gasteiger partial charge >= 0.3 is 0 Å². The topological polar surface area (TPSA) is 85.8 Å². The zero-order chi connectivity index (χ0) is 22.3. The van der Waals surface area contributed by atoms with E-state index >= 15 is 0 Å². The van der Waals surface area contributed by atoms with Crippen molar-refractivity contribution in [2.75, 3.05) is 16.9 Å². The Kier molecular flexibility index (Phi) is 6.81. The van der Waals surface area contributed by atoms with E-state index < -0.39 is 0 Å². The fourth-order valence-electron chi connectivity index (χ4n) is 3.27. The van der Waals surface area contributed by atoms with Gasteiger partial charge in [-0.05, 0) is 35.2 Å². The number of rotatable bonds is 8. The zero-order valence-electron chi connectivity index (χ0n) is 17.2. The van der Waals surface area contributed by atoms with Gasteiger partial charge < -0.3 is 11.2 Å². The largest absolute Gasteiger partial charge is 0.336 e. The molecule has 0 saturated heterocycles. The van der Waals surface area contributed by atoms with Gasteiger partial charge in [0.05, 0.1) is 5.75 Å². The molecule has 0 bridgehead atoms. The zero-order valence-corrected chi connectivity index (χ0v) is 18.1. The highest BCUT2D eigenvalue weighted by Gasteiger charge is 2.15. The van der Waals surface area contributed by atoms with Crippen molar-refractivity contribution in [1.29, 1.82) is 0 Å². The van der Waals surface area contributed by atoms with Gasteiger partial charge in [-0.15, -0.1) is 10.2 Å². The first-order valence-electron chi connectivity index (χ1n) is 10.1. The lowest BCUT2D eigenvalue weighted by Gasteiger charge is -2.11. The summed E-state index contributed by atoms with van der Waals surface area (Å²) in [6, 6.07) is 24.3. The molecule has 3 aromatic carbocycles. The van der Waals surface area contributed by atoms with Crippen LogP contribution in [-0.2, 0) is 17.6 Å². The lowest BCUT2D eigenvalue weighted by atomic mass is 10.0. The van der Waals surface area contributed by atoms with Gasteiger partial charge in [0.2, 0.25) is 11.1 Å². The number of nitrogen functional groups attached to an aromatic ring is 1. The molecule has 1 aromatic heterocycles. The number of anilines is 1. The van der Waals surface area contributed by atoms with E-state index in [2.05, 4.69) is 27.6 Å². The van der Waals surface area contributed by atoms with E-state index in [-0.39, 0.29) is 23.9 Å². The van der Waals surface area contributed by atoms with E-state index in [0.717, 1.165) is 17.7 Å². The van der Waals surface area contributed by atoms with E-state index in [0.29, 0.717) is 16.5 Å². The van der Waals surface area contributed by atoms with Gasteiger partial charge in [0.15, 0.2) is 5.82 Å². The highest BCUT2D eigenvalue weighted by atomic mass is 32.2. The standard InChI is InChI=1S/C24H22FN5OS/c25-20-12-6-4-10-18(20)15-22-28-29-24(30(22)26)32-16-23(31)27-21-13-7-5-11-19(21)14-17-8-2-1-3-9-17/h1-13H,14-16,26H2,(H,27,31). The summed E-state index contributed by atoms with van der Waals surface area (Å²) in [6.07, 6.45) is 0.941. The molecule has 0 unspecified atom stereocenters. The van der Waals surface area contributed by atoms with Gasteiger partial charge in [-0.1, -0.05) is 78.5 Å². The third-order valence-corrected chi connectivity index (χ3v) is 5.85. The monoisotopic (exact) mass is 447 g/mol. The van der Waals surface area contributed by atoms with Gasteiger partial charge in [0.1, 0.15) is 5.82 Å². The Bertz CT molecular complexity index is 1210. The lowest BCUT2D eigenvalue weighted by Crippen LogP contribution is -2.18.